The largest absolute Gasteiger partial charge is 0.364 e. The summed E-state index contributed by atoms with van der Waals surface area (Å²) in [7, 11) is 8.60. The first-order valence-corrected chi connectivity index (χ1v) is 11.3. The van der Waals surface area contributed by atoms with Gasteiger partial charge in [0.25, 0.3) is 5.91 Å². The lowest BCUT2D eigenvalue weighted by molar-refractivity contribution is 0.0994. The molecule has 3 heterocycles. The van der Waals surface area contributed by atoms with Gasteiger partial charge >= 0.3 is 0 Å². The van der Waals surface area contributed by atoms with Crippen LogP contribution in [0.5, 0.6) is 0 Å². The summed E-state index contributed by atoms with van der Waals surface area (Å²) in [6.07, 6.45) is 8.09. The van der Waals surface area contributed by atoms with Crippen molar-refractivity contribution in [2.75, 3.05) is 33.5 Å². The normalized spacial score (nSPS) is 19.6. The van der Waals surface area contributed by atoms with Gasteiger partial charge in [-0.2, -0.15) is 4.98 Å². The number of quaternary nitrogens is 1. The van der Waals surface area contributed by atoms with Crippen LogP contribution >= 0.6 is 11.3 Å². The topological polar surface area (TPSA) is 110 Å². The first kappa shape index (κ1) is 21.5. The quantitative estimate of drug-likeness (QED) is 0.566. The van der Waals surface area contributed by atoms with Crippen LogP contribution < -0.4 is 15.5 Å². The van der Waals surface area contributed by atoms with E-state index >= 15 is 0 Å². The highest BCUT2D eigenvalue weighted by Crippen LogP contribution is 2.33. The summed E-state index contributed by atoms with van der Waals surface area (Å²) in [6.45, 7) is 0. The van der Waals surface area contributed by atoms with Crippen molar-refractivity contribution in [2.45, 2.75) is 37.8 Å². The highest BCUT2D eigenvalue weighted by atomic mass is 32.1. The number of hydrogen-bond donors (Lipinski definition) is 2. The molecule has 3 N–H and O–H groups in total. The van der Waals surface area contributed by atoms with Crippen molar-refractivity contribution < 1.29 is 4.79 Å². The van der Waals surface area contributed by atoms with Gasteiger partial charge in [-0.15, -0.1) is 11.3 Å². The van der Waals surface area contributed by atoms with Crippen molar-refractivity contribution in [3.63, 3.8) is 0 Å². The number of rotatable bonds is 6. The van der Waals surface area contributed by atoms with Crippen LogP contribution in [-0.2, 0) is 0 Å². The lowest BCUT2D eigenvalue weighted by atomic mass is 9.87. The fourth-order valence-corrected chi connectivity index (χ4v) is 5.12. The van der Waals surface area contributed by atoms with Crippen molar-refractivity contribution in [1.29, 1.82) is 0 Å². The maximum absolute atomic E-state index is 12.0. The smallest absolute Gasteiger partial charge is 0.271 e. The standard InChI is InChI=1S/C21H28N8OS/c1-28(2)15-7-5-6-8-16(15)29(3,4)17-11-23-18(19(22)30)20(27-17)26-13-9-14-21(24-10-13)31-12-25-14/h9-12,15-16H,5-8H2,1-4H3,(H2-,22,26,27,30)/p+1. The van der Waals surface area contributed by atoms with Crippen LogP contribution in [0.4, 0.5) is 17.3 Å². The molecular weight excluding hydrogens is 412 g/mol. The van der Waals surface area contributed by atoms with E-state index in [4.69, 9.17) is 10.7 Å². The van der Waals surface area contributed by atoms with Gasteiger partial charge in [0.05, 0.1) is 37.5 Å². The van der Waals surface area contributed by atoms with Crippen molar-refractivity contribution in [1.82, 2.24) is 29.3 Å². The number of amides is 1. The Balaban J connectivity index is 1.71. The minimum absolute atomic E-state index is 0.106. The molecule has 0 spiro atoms. The Morgan fingerprint density at radius 1 is 1.19 bits per heavy atom. The second-order valence-electron chi connectivity index (χ2n) is 8.74. The zero-order valence-electron chi connectivity index (χ0n) is 18.4. The van der Waals surface area contributed by atoms with E-state index in [0.29, 0.717) is 28.1 Å². The molecular formula is C21H29N8OS+. The van der Waals surface area contributed by atoms with E-state index in [0.717, 1.165) is 29.0 Å². The van der Waals surface area contributed by atoms with E-state index in [-0.39, 0.29) is 5.69 Å². The van der Waals surface area contributed by atoms with E-state index in [1.165, 1.54) is 24.2 Å². The molecule has 0 aliphatic heterocycles. The van der Waals surface area contributed by atoms with Crippen LogP contribution in [-0.4, -0.2) is 71.0 Å². The summed E-state index contributed by atoms with van der Waals surface area (Å²) in [4.78, 5) is 33.1. The van der Waals surface area contributed by atoms with Crippen LogP contribution in [0.1, 0.15) is 36.2 Å². The Morgan fingerprint density at radius 2 is 1.97 bits per heavy atom. The molecule has 0 saturated heterocycles. The maximum atomic E-state index is 12.0. The average Bonchev–Trinajstić information content (AvgIpc) is 3.21. The second-order valence-corrected chi connectivity index (χ2v) is 9.57. The predicted molar refractivity (Wildman–Crippen MR) is 125 cm³/mol. The molecule has 31 heavy (non-hydrogen) atoms. The number of nitrogens with two attached hydrogens (primary N) is 1. The van der Waals surface area contributed by atoms with E-state index < -0.39 is 5.91 Å². The number of carbonyl (C=O) groups is 1. The van der Waals surface area contributed by atoms with Crippen LogP contribution in [0.2, 0.25) is 0 Å². The Hall–Kier alpha value is -2.69. The molecule has 1 aliphatic rings. The summed E-state index contributed by atoms with van der Waals surface area (Å²) < 4.78 is 0.576. The number of carbonyl (C=O) groups excluding carboxylic acids is 1. The molecule has 0 radical (unpaired) electrons. The monoisotopic (exact) mass is 441 g/mol. The molecule has 164 valence electrons. The second kappa shape index (κ2) is 8.45. The van der Waals surface area contributed by atoms with Crippen molar-refractivity contribution in [3.8, 4) is 0 Å². The third-order valence-corrected chi connectivity index (χ3v) is 6.97. The van der Waals surface area contributed by atoms with Crippen molar-refractivity contribution in [2.24, 2.45) is 5.73 Å². The highest BCUT2D eigenvalue weighted by Gasteiger charge is 2.41. The van der Waals surface area contributed by atoms with Crippen LogP contribution in [0.15, 0.2) is 24.0 Å². The van der Waals surface area contributed by atoms with Crippen molar-refractivity contribution >= 4 is 44.9 Å². The minimum Gasteiger partial charge on any atom is -0.364 e. The number of fused-ring (bicyclic) bond motifs is 1. The number of hydrogen-bond acceptors (Lipinski definition) is 8. The highest BCUT2D eigenvalue weighted by molar-refractivity contribution is 7.16. The molecule has 1 fully saturated rings. The molecule has 3 aromatic rings. The molecule has 2 atom stereocenters. The number of anilines is 2. The molecule has 1 amide bonds. The zero-order chi connectivity index (χ0) is 22.2. The maximum Gasteiger partial charge on any atom is 0.271 e. The predicted octanol–water partition coefficient (Wildman–Crippen LogP) is 2.76. The summed E-state index contributed by atoms with van der Waals surface area (Å²) >= 11 is 1.48. The zero-order valence-corrected chi connectivity index (χ0v) is 19.2. The number of nitrogens with one attached hydrogen (secondary N) is 1. The Morgan fingerprint density at radius 3 is 2.71 bits per heavy atom. The molecule has 3 aromatic heterocycles. The van der Waals surface area contributed by atoms with E-state index in [1.807, 2.05) is 6.07 Å². The lowest BCUT2D eigenvalue weighted by Gasteiger charge is -2.45. The number of aromatic nitrogens is 4. The number of nitrogens with zero attached hydrogens (tertiary/aromatic N) is 6. The Bertz CT molecular complexity index is 1100. The molecule has 2 unspecified atom stereocenters. The number of primary amides is 1. The summed E-state index contributed by atoms with van der Waals surface area (Å²) in [5.74, 6) is 0.497. The van der Waals surface area contributed by atoms with Gasteiger partial charge in [-0.1, -0.05) is 6.42 Å². The van der Waals surface area contributed by atoms with E-state index in [1.54, 1.807) is 17.9 Å². The van der Waals surface area contributed by atoms with E-state index in [2.05, 4.69) is 53.4 Å². The van der Waals surface area contributed by atoms with Gasteiger partial charge in [0.2, 0.25) is 5.82 Å². The summed E-state index contributed by atoms with van der Waals surface area (Å²) in [6, 6.07) is 2.70. The summed E-state index contributed by atoms with van der Waals surface area (Å²) in [5.41, 5.74) is 8.91. The first-order chi connectivity index (χ1) is 14.8. The van der Waals surface area contributed by atoms with Gasteiger partial charge in [0, 0.05) is 6.42 Å². The van der Waals surface area contributed by atoms with Gasteiger partial charge in [-0.3, -0.25) is 9.28 Å². The lowest BCUT2D eigenvalue weighted by Crippen LogP contribution is -2.60. The minimum atomic E-state index is -0.626. The first-order valence-electron chi connectivity index (χ1n) is 10.4. The van der Waals surface area contributed by atoms with Crippen LogP contribution in [0.3, 0.4) is 0 Å². The van der Waals surface area contributed by atoms with Crippen LogP contribution in [0, 0.1) is 0 Å². The number of likely N-dealkylation sites (N-methyl/N-ethyl adjacent to an activating group) is 2. The fourth-order valence-electron chi connectivity index (χ4n) is 4.50. The number of thiazole rings is 1. The van der Waals surface area contributed by atoms with Gasteiger partial charge in [0.15, 0.2) is 11.5 Å². The van der Waals surface area contributed by atoms with Crippen molar-refractivity contribution in [3.05, 3.63) is 29.7 Å². The van der Waals surface area contributed by atoms with Gasteiger partial charge in [0.1, 0.15) is 22.6 Å². The molecule has 1 saturated carbocycles. The van der Waals surface area contributed by atoms with Gasteiger partial charge in [-0.05, 0) is 33.0 Å². The van der Waals surface area contributed by atoms with Gasteiger partial charge in [-0.25, -0.2) is 15.0 Å². The molecule has 9 nitrogen and oxygen atoms in total. The SMILES string of the molecule is CN(C)C1CCCCC1[N+](C)(C)c1cnc(C(N)=O)c(Nc2cnc3scnc3c2)n1. The van der Waals surface area contributed by atoms with E-state index in [9.17, 15) is 4.79 Å². The Labute approximate surface area is 185 Å². The fraction of sp³-hybridized carbons (Fsp3) is 0.476. The average molecular weight is 442 g/mol. The molecule has 0 bridgehead atoms. The van der Waals surface area contributed by atoms with Crippen LogP contribution in [0.25, 0.3) is 10.3 Å². The molecule has 4 rings (SSSR count). The third kappa shape index (κ3) is 4.23. The molecule has 10 heteroatoms. The summed E-state index contributed by atoms with van der Waals surface area (Å²) in [5, 5.41) is 3.19. The molecule has 0 aromatic carbocycles. The van der Waals surface area contributed by atoms with Gasteiger partial charge < -0.3 is 16.0 Å². The number of pyridine rings is 1. The Kier molecular flexibility index (Phi) is 5.87. The third-order valence-electron chi connectivity index (χ3n) is 6.22. The molecule has 1 aliphatic carbocycles.